The van der Waals surface area contributed by atoms with Crippen LogP contribution < -0.4 is 0 Å². The van der Waals surface area contributed by atoms with Gasteiger partial charge in [-0.25, -0.2) is 0 Å². The van der Waals surface area contributed by atoms with Crippen LogP contribution in [0.1, 0.15) is 50.8 Å². The average molecular weight is 345 g/mol. The zero-order chi connectivity index (χ0) is 16.9. The summed E-state index contributed by atoms with van der Waals surface area (Å²) in [7, 11) is 1.44. The molecule has 1 aliphatic carbocycles. The molecule has 1 fully saturated rings. The number of methoxy groups -OCH3 is 1. The lowest BCUT2D eigenvalue weighted by molar-refractivity contribution is -0.140. The normalized spacial score (nSPS) is 15.2. The van der Waals surface area contributed by atoms with Crippen molar-refractivity contribution in [1.82, 2.24) is 14.8 Å². The number of hydrogen-bond donors (Lipinski definition) is 0. The third-order valence-electron chi connectivity index (χ3n) is 4.15. The van der Waals surface area contributed by atoms with Crippen LogP contribution in [0.2, 0.25) is 0 Å². The van der Waals surface area contributed by atoms with Gasteiger partial charge in [-0.05, 0) is 31.4 Å². The van der Waals surface area contributed by atoms with Crippen LogP contribution in [-0.2, 0) is 9.53 Å². The predicted octanol–water partition coefficient (Wildman–Crippen LogP) is 3.97. The Kier molecular flexibility index (Phi) is 5.56. The lowest BCUT2D eigenvalue weighted by atomic mass is 10.2. The monoisotopic (exact) mass is 345 g/mol. The van der Waals surface area contributed by atoms with Gasteiger partial charge in [0.25, 0.3) is 0 Å². The summed E-state index contributed by atoms with van der Waals surface area (Å²) in [6.07, 6.45) is 5.14. The molecule has 1 heterocycles. The minimum Gasteiger partial charge on any atom is -0.468 e. The second-order valence-corrected chi connectivity index (χ2v) is 7.23. The van der Waals surface area contributed by atoms with Crippen LogP contribution in [0.5, 0.6) is 0 Å². The Morgan fingerprint density at radius 3 is 2.71 bits per heavy atom. The molecule has 1 atom stereocenters. The molecule has 24 heavy (non-hydrogen) atoms. The van der Waals surface area contributed by atoms with Gasteiger partial charge in [-0.15, -0.1) is 10.2 Å². The summed E-state index contributed by atoms with van der Waals surface area (Å²) in [6, 6.07) is 10.1. The van der Waals surface area contributed by atoms with Crippen molar-refractivity contribution in [1.29, 1.82) is 0 Å². The Balaban J connectivity index is 1.91. The van der Waals surface area contributed by atoms with Gasteiger partial charge in [0.05, 0.1) is 7.11 Å². The van der Waals surface area contributed by atoms with Gasteiger partial charge in [-0.3, -0.25) is 9.36 Å². The molecule has 1 aliphatic rings. The molecule has 0 amide bonds. The van der Waals surface area contributed by atoms with Crippen molar-refractivity contribution in [3.63, 3.8) is 0 Å². The van der Waals surface area contributed by atoms with E-state index in [2.05, 4.69) is 33.8 Å². The lowest BCUT2D eigenvalue weighted by Crippen LogP contribution is -2.19. The van der Waals surface area contributed by atoms with Crippen LogP contribution in [0.15, 0.2) is 35.5 Å². The highest BCUT2D eigenvalue weighted by Gasteiger charge is 2.32. The van der Waals surface area contributed by atoms with Crippen molar-refractivity contribution in [3.8, 4) is 5.69 Å². The van der Waals surface area contributed by atoms with Crippen molar-refractivity contribution in [2.45, 2.75) is 55.4 Å². The molecule has 0 aliphatic heterocycles. The maximum absolute atomic E-state index is 12.1. The van der Waals surface area contributed by atoms with Crippen LogP contribution in [0.25, 0.3) is 5.69 Å². The molecular weight excluding hydrogens is 322 g/mol. The van der Waals surface area contributed by atoms with E-state index in [4.69, 9.17) is 4.74 Å². The highest BCUT2D eigenvalue weighted by Crippen LogP contribution is 2.41. The maximum atomic E-state index is 12.1. The van der Waals surface area contributed by atoms with Crippen molar-refractivity contribution in [2.75, 3.05) is 7.11 Å². The van der Waals surface area contributed by atoms with E-state index >= 15 is 0 Å². The Hall–Kier alpha value is -1.82. The third kappa shape index (κ3) is 3.80. The Bertz CT molecular complexity index is 683. The summed E-state index contributed by atoms with van der Waals surface area (Å²) in [5.41, 5.74) is 1.05. The number of benzene rings is 1. The van der Waals surface area contributed by atoms with Crippen LogP contribution >= 0.6 is 11.8 Å². The SMILES string of the molecule is CCCCC(Sc1nnc(C2CC2)n1-c1ccccc1)C(=O)OC. The molecule has 0 spiro atoms. The summed E-state index contributed by atoms with van der Waals surface area (Å²) in [5.74, 6) is 1.30. The van der Waals surface area contributed by atoms with E-state index in [1.807, 2.05) is 18.2 Å². The van der Waals surface area contributed by atoms with E-state index in [1.165, 1.54) is 18.9 Å². The average Bonchev–Trinajstić information content (AvgIpc) is 3.39. The van der Waals surface area contributed by atoms with Gasteiger partial charge in [0.15, 0.2) is 5.16 Å². The summed E-state index contributed by atoms with van der Waals surface area (Å²) in [5, 5.41) is 9.33. The summed E-state index contributed by atoms with van der Waals surface area (Å²) in [4.78, 5) is 12.1. The van der Waals surface area contributed by atoms with Gasteiger partial charge in [0.1, 0.15) is 11.1 Å². The van der Waals surface area contributed by atoms with E-state index < -0.39 is 0 Å². The number of ether oxygens (including phenoxy) is 1. The Morgan fingerprint density at radius 2 is 2.08 bits per heavy atom. The van der Waals surface area contributed by atoms with E-state index in [9.17, 15) is 4.79 Å². The van der Waals surface area contributed by atoms with E-state index in [-0.39, 0.29) is 11.2 Å². The van der Waals surface area contributed by atoms with Gasteiger partial charge in [-0.1, -0.05) is 49.7 Å². The topological polar surface area (TPSA) is 57.0 Å². The highest BCUT2D eigenvalue weighted by atomic mass is 32.2. The van der Waals surface area contributed by atoms with Gasteiger partial charge < -0.3 is 4.74 Å². The number of carbonyl (C=O) groups excluding carboxylic acids is 1. The first-order chi connectivity index (χ1) is 11.7. The van der Waals surface area contributed by atoms with Crippen molar-refractivity contribution < 1.29 is 9.53 Å². The predicted molar refractivity (Wildman–Crippen MR) is 94.5 cm³/mol. The molecule has 3 rings (SSSR count). The van der Waals surface area contributed by atoms with Gasteiger partial charge >= 0.3 is 5.97 Å². The minimum atomic E-state index is -0.242. The zero-order valence-corrected chi connectivity index (χ0v) is 15.0. The van der Waals surface area contributed by atoms with E-state index in [0.29, 0.717) is 5.92 Å². The molecule has 1 unspecified atom stereocenters. The van der Waals surface area contributed by atoms with Crippen LogP contribution in [-0.4, -0.2) is 33.1 Å². The highest BCUT2D eigenvalue weighted by molar-refractivity contribution is 8.00. The molecule has 6 heteroatoms. The van der Waals surface area contributed by atoms with E-state index in [1.54, 1.807) is 0 Å². The molecule has 5 nitrogen and oxygen atoms in total. The summed E-state index contributed by atoms with van der Waals surface area (Å²) in [6.45, 7) is 2.12. The number of esters is 1. The Labute approximate surface area is 146 Å². The van der Waals surface area contributed by atoms with Crippen molar-refractivity contribution in [3.05, 3.63) is 36.2 Å². The van der Waals surface area contributed by atoms with E-state index in [0.717, 1.165) is 48.8 Å². The molecule has 1 aromatic carbocycles. The van der Waals surface area contributed by atoms with Crippen molar-refractivity contribution >= 4 is 17.7 Å². The van der Waals surface area contributed by atoms with Gasteiger partial charge in [0, 0.05) is 11.6 Å². The molecule has 0 radical (unpaired) electrons. The first kappa shape index (κ1) is 17.0. The standard InChI is InChI=1S/C18H23N3O2S/c1-3-4-10-15(17(22)23-2)24-18-20-19-16(13-11-12-13)21(18)14-8-6-5-7-9-14/h5-9,13,15H,3-4,10-12H2,1-2H3. The first-order valence-electron chi connectivity index (χ1n) is 8.49. The number of carbonyl (C=O) groups is 1. The first-order valence-corrected chi connectivity index (χ1v) is 9.37. The fourth-order valence-corrected chi connectivity index (χ4v) is 3.78. The Morgan fingerprint density at radius 1 is 1.33 bits per heavy atom. The number of hydrogen-bond acceptors (Lipinski definition) is 5. The number of nitrogens with zero attached hydrogens (tertiary/aromatic N) is 3. The van der Waals surface area contributed by atoms with Crippen LogP contribution in [0, 0.1) is 0 Å². The molecule has 1 saturated carbocycles. The number of aromatic nitrogens is 3. The van der Waals surface area contributed by atoms with Crippen LogP contribution in [0.4, 0.5) is 0 Å². The third-order valence-corrected chi connectivity index (χ3v) is 5.33. The quantitative estimate of drug-likeness (QED) is 0.535. The molecule has 128 valence electrons. The van der Waals surface area contributed by atoms with Gasteiger partial charge in [0.2, 0.25) is 0 Å². The molecular formula is C18H23N3O2S. The number of thioether (sulfide) groups is 1. The zero-order valence-electron chi connectivity index (χ0n) is 14.1. The van der Waals surface area contributed by atoms with Crippen LogP contribution in [0.3, 0.4) is 0 Å². The largest absolute Gasteiger partial charge is 0.468 e. The summed E-state index contributed by atoms with van der Waals surface area (Å²) >= 11 is 1.46. The number of para-hydroxylation sites is 1. The second kappa shape index (κ2) is 7.83. The summed E-state index contributed by atoms with van der Waals surface area (Å²) < 4.78 is 7.08. The second-order valence-electron chi connectivity index (χ2n) is 6.06. The number of rotatable bonds is 8. The molecule has 1 aromatic heterocycles. The minimum absolute atomic E-state index is 0.191. The lowest BCUT2D eigenvalue weighted by Gasteiger charge is -2.15. The molecule has 0 N–H and O–H groups in total. The number of unbranched alkanes of at least 4 members (excludes halogenated alkanes) is 1. The fourth-order valence-electron chi connectivity index (χ4n) is 2.66. The molecule has 2 aromatic rings. The molecule has 0 saturated heterocycles. The molecule has 0 bridgehead atoms. The van der Waals surface area contributed by atoms with Crippen molar-refractivity contribution in [2.24, 2.45) is 0 Å². The smallest absolute Gasteiger partial charge is 0.319 e. The fraction of sp³-hybridized carbons (Fsp3) is 0.500. The maximum Gasteiger partial charge on any atom is 0.319 e. The van der Waals surface area contributed by atoms with Gasteiger partial charge in [-0.2, -0.15) is 0 Å².